The topological polar surface area (TPSA) is 33.9 Å². The molecular formula is C15H22Cl2NO2+. The molecule has 5 heteroatoms. The molecule has 2 rings (SSSR count). The van der Waals surface area contributed by atoms with E-state index in [9.17, 15) is 5.11 Å². The first kappa shape index (κ1) is 15.9. The van der Waals surface area contributed by atoms with Gasteiger partial charge < -0.3 is 14.7 Å². The zero-order valence-electron chi connectivity index (χ0n) is 11.7. The minimum atomic E-state index is -0.486. The van der Waals surface area contributed by atoms with E-state index in [1.807, 2.05) is 0 Å². The maximum Gasteiger partial charge on any atom is 0.139 e. The number of likely N-dealkylation sites (tertiary alicyclic amines) is 1. The van der Waals surface area contributed by atoms with Gasteiger partial charge in [0.15, 0.2) is 0 Å². The number of quaternary nitrogens is 1. The van der Waals surface area contributed by atoms with Crippen LogP contribution in [-0.4, -0.2) is 36.9 Å². The van der Waals surface area contributed by atoms with Gasteiger partial charge in [0.2, 0.25) is 0 Å². The molecule has 1 fully saturated rings. The zero-order chi connectivity index (χ0) is 14.5. The average molecular weight is 319 g/mol. The SMILES string of the molecule is C[C@@H]1CCCC[NH+]1C[C@H](O)COc1cc(Cl)ccc1Cl. The fourth-order valence-corrected chi connectivity index (χ4v) is 3.03. The van der Waals surface area contributed by atoms with Crippen LogP contribution in [0.15, 0.2) is 18.2 Å². The second-order valence-corrected chi connectivity index (χ2v) is 6.39. The summed E-state index contributed by atoms with van der Waals surface area (Å²) in [6, 6.07) is 5.71. The molecular weight excluding hydrogens is 297 g/mol. The fraction of sp³-hybridized carbons (Fsp3) is 0.600. The molecule has 0 radical (unpaired) electrons. The summed E-state index contributed by atoms with van der Waals surface area (Å²) in [7, 11) is 0. The highest BCUT2D eigenvalue weighted by molar-refractivity contribution is 6.34. The number of rotatable bonds is 5. The van der Waals surface area contributed by atoms with Crippen LogP contribution in [0.4, 0.5) is 0 Å². The van der Waals surface area contributed by atoms with Crippen molar-refractivity contribution in [3.8, 4) is 5.75 Å². The Hall–Kier alpha value is -0.480. The van der Waals surface area contributed by atoms with Crippen LogP contribution in [0, 0.1) is 0 Å². The highest BCUT2D eigenvalue weighted by Gasteiger charge is 2.24. The first-order valence-electron chi connectivity index (χ1n) is 7.16. The van der Waals surface area contributed by atoms with E-state index in [-0.39, 0.29) is 6.61 Å². The number of benzene rings is 1. The normalized spacial score (nSPS) is 24.4. The van der Waals surface area contributed by atoms with Gasteiger partial charge in [-0.25, -0.2) is 0 Å². The van der Waals surface area contributed by atoms with Crippen molar-refractivity contribution < 1.29 is 14.7 Å². The van der Waals surface area contributed by atoms with Crippen LogP contribution in [0.3, 0.4) is 0 Å². The summed E-state index contributed by atoms with van der Waals surface area (Å²) in [5, 5.41) is 11.2. The molecule has 2 N–H and O–H groups in total. The summed E-state index contributed by atoms with van der Waals surface area (Å²) < 4.78 is 5.58. The number of aliphatic hydroxyl groups excluding tert-OH is 1. The van der Waals surface area contributed by atoms with Crippen molar-refractivity contribution in [2.45, 2.75) is 38.3 Å². The van der Waals surface area contributed by atoms with E-state index >= 15 is 0 Å². The lowest BCUT2D eigenvalue weighted by molar-refractivity contribution is -0.931. The summed E-state index contributed by atoms with van der Waals surface area (Å²) in [5.41, 5.74) is 0. The number of hydrogen-bond donors (Lipinski definition) is 2. The van der Waals surface area contributed by atoms with Crippen molar-refractivity contribution >= 4 is 23.2 Å². The molecule has 1 saturated heterocycles. The van der Waals surface area contributed by atoms with Crippen molar-refractivity contribution in [3.05, 3.63) is 28.2 Å². The molecule has 3 atom stereocenters. The molecule has 0 aromatic heterocycles. The molecule has 3 nitrogen and oxygen atoms in total. The molecule has 1 unspecified atom stereocenters. The Morgan fingerprint density at radius 2 is 2.20 bits per heavy atom. The van der Waals surface area contributed by atoms with Gasteiger partial charge in [-0.15, -0.1) is 0 Å². The maximum atomic E-state index is 10.1. The van der Waals surface area contributed by atoms with Crippen LogP contribution in [0.2, 0.25) is 10.0 Å². The lowest BCUT2D eigenvalue weighted by Gasteiger charge is -2.31. The average Bonchev–Trinajstić information content (AvgIpc) is 2.42. The van der Waals surface area contributed by atoms with Gasteiger partial charge in [-0.2, -0.15) is 0 Å². The Kier molecular flexibility index (Phi) is 5.97. The smallest absolute Gasteiger partial charge is 0.139 e. The van der Waals surface area contributed by atoms with Crippen molar-refractivity contribution in [2.24, 2.45) is 0 Å². The monoisotopic (exact) mass is 318 g/mol. The second kappa shape index (κ2) is 7.51. The third-order valence-electron chi connectivity index (χ3n) is 3.90. The minimum Gasteiger partial charge on any atom is -0.489 e. The van der Waals surface area contributed by atoms with E-state index in [1.54, 1.807) is 18.2 Å². The van der Waals surface area contributed by atoms with Gasteiger partial charge in [-0.3, -0.25) is 0 Å². The Morgan fingerprint density at radius 3 is 2.95 bits per heavy atom. The van der Waals surface area contributed by atoms with Crippen molar-refractivity contribution in [1.29, 1.82) is 0 Å². The molecule has 112 valence electrons. The van der Waals surface area contributed by atoms with E-state index in [2.05, 4.69) is 6.92 Å². The fourth-order valence-electron chi connectivity index (χ4n) is 2.69. The number of ether oxygens (including phenoxy) is 1. The number of hydrogen-bond acceptors (Lipinski definition) is 2. The first-order valence-corrected chi connectivity index (χ1v) is 7.92. The predicted octanol–water partition coefficient (Wildman–Crippen LogP) is 2.19. The lowest BCUT2D eigenvalue weighted by atomic mass is 10.0. The van der Waals surface area contributed by atoms with Crippen LogP contribution in [0.1, 0.15) is 26.2 Å². The Balaban J connectivity index is 1.82. The van der Waals surface area contributed by atoms with Gasteiger partial charge in [0, 0.05) is 11.1 Å². The van der Waals surface area contributed by atoms with Crippen LogP contribution in [0.25, 0.3) is 0 Å². The summed E-state index contributed by atoms with van der Waals surface area (Å²) in [5.74, 6) is 0.528. The van der Waals surface area contributed by atoms with E-state index < -0.39 is 6.10 Å². The first-order chi connectivity index (χ1) is 9.56. The molecule has 0 amide bonds. The van der Waals surface area contributed by atoms with Gasteiger partial charge in [-0.1, -0.05) is 23.2 Å². The molecule has 0 aliphatic carbocycles. The van der Waals surface area contributed by atoms with Crippen LogP contribution in [-0.2, 0) is 0 Å². The largest absolute Gasteiger partial charge is 0.489 e. The Labute approximate surface area is 130 Å². The van der Waals surface area contributed by atoms with Gasteiger partial charge in [-0.05, 0) is 38.3 Å². The summed E-state index contributed by atoms with van der Waals surface area (Å²) in [4.78, 5) is 1.46. The molecule has 1 aromatic carbocycles. The van der Waals surface area contributed by atoms with E-state index in [0.29, 0.717) is 21.8 Å². The molecule has 0 bridgehead atoms. The second-order valence-electron chi connectivity index (χ2n) is 5.55. The molecule has 1 heterocycles. The molecule has 0 spiro atoms. The van der Waals surface area contributed by atoms with E-state index in [1.165, 1.54) is 24.2 Å². The summed E-state index contributed by atoms with van der Waals surface area (Å²) in [6.45, 7) is 4.35. The molecule has 20 heavy (non-hydrogen) atoms. The van der Waals surface area contributed by atoms with E-state index in [0.717, 1.165) is 13.1 Å². The Bertz CT molecular complexity index is 442. The lowest BCUT2D eigenvalue weighted by Crippen LogP contribution is -3.17. The quantitative estimate of drug-likeness (QED) is 0.872. The molecule has 0 saturated carbocycles. The van der Waals surface area contributed by atoms with Gasteiger partial charge in [0.1, 0.15) is 25.0 Å². The van der Waals surface area contributed by atoms with Gasteiger partial charge in [0.25, 0.3) is 0 Å². The van der Waals surface area contributed by atoms with Crippen LogP contribution in [0.5, 0.6) is 5.75 Å². The zero-order valence-corrected chi connectivity index (χ0v) is 13.3. The standard InChI is InChI=1S/C15H21Cl2NO2/c1-11-4-2-3-7-18(11)9-13(19)10-20-15-8-12(16)5-6-14(15)17/h5-6,8,11,13,19H,2-4,7,9-10H2,1H3/p+1/t11-,13+/m1/s1. The number of piperidine rings is 1. The number of halogens is 2. The van der Waals surface area contributed by atoms with Crippen molar-refractivity contribution in [2.75, 3.05) is 19.7 Å². The van der Waals surface area contributed by atoms with Gasteiger partial charge in [0.05, 0.1) is 17.6 Å². The third kappa shape index (κ3) is 4.52. The van der Waals surface area contributed by atoms with Crippen molar-refractivity contribution in [3.63, 3.8) is 0 Å². The Morgan fingerprint density at radius 1 is 1.40 bits per heavy atom. The number of aliphatic hydroxyl groups is 1. The summed E-state index contributed by atoms with van der Waals surface area (Å²) in [6.07, 6.45) is 3.30. The van der Waals surface area contributed by atoms with Crippen molar-refractivity contribution in [1.82, 2.24) is 0 Å². The predicted molar refractivity (Wildman–Crippen MR) is 82.0 cm³/mol. The van der Waals surface area contributed by atoms with Crippen LogP contribution >= 0.6 is 23.2 Å². The highest BCUT2D eigenvalue weighted by Crippen LogP contribution is 2.27. The van der Waals surface area contributed by atoms with Crippen LogP contribution < -0.4 is 9.64 Å². The highest BCUT2D eigenvalue weighted by atomic mass is 35.5. The molecule has 1 aliphatic heterocycles. The molecule has 1 aliphatic rings. The van der Waals surface area contributed by atoms with Gasteiger partial charge >= 0.3 is 0 Å². The summed E-state index contributed by atoms with van der Waals surface area (Å²) >= 11 is 11.9. The third-order valence-corrected chi connectivity index (χ3v) is 4.45. The van der Waals surface area contributed by atoms with E-state index in [4.69, 9.17) is 27.9 Å². The maximum absolute atomic E-state index is 10.1. The number of nitrogens with one attached hydrogen (secondary N) is 1. The molecule has 1 aromatic rings. The minimum absolute atomic E-state index is 0.246.